The third-order valence-electron chi connectivity index (χ3n) is 2.07. The van der Waals surface area contributed by atoms with Crippen LogP contribution in [-0.2, 0) is 0 Å². The third-order valence-corrected chi connectivity index (χ3v) is 2.07. The van der Waals surface area contributed by atoms with E-state index in [0.29, 0.717) is 5.92 Å². The lowest BCUT2D eigenvalue weighted by molar-refractivity contribution is 0.0504. The average Bonchev–Trinajstić information content (AvgIpc) is 1.60. The summed E-state index contributed by atoms with van der Waals surface area (Å²) in [5.41, 5.74) is 0.0775. The predicted octanol–water partition coefficient (Wildman–Crippen LogP) is 2.44. The Labute approximate surface area is 64.5 Å². The lowest BCUT2D eigenvalue weighted by Crippen LogP contribution is -2.27. The Bertz CT molecular complexity index is 92.9. The van der Waals surface area contributed by atoms with Crippen LogP contribution in [0.1, 0.15) is 41.0 Å². The van der Waals surface area contributed by atoms with Gasteiger partial charge in [-0.25, -0.2) is 0 Å². The van der Waals surface area contributed by atoms with E-state index >= 15 is 0 Å². The van der Waals surface area contributed by atoms with Crippen LogP contribution in [0.4, 0.5) is 0 Å². The Morgan fingerprint density at radius 1 is 1.20 bits per heavy atom. The molecule has 0 saturated carbocycles. The summed E-state index contributed by atoms with van der Waals surface area (Å²) in [6, 6.07) is 0. The highest BCUT2D eigenvalue weighted by Crippen LogP contribution is 2.28. The molecule has 1 nitrogen and oxygen atoms in total. The van der Waals surface area contributed by atoms with Gasteiger partial charge in [-0.2, -0.15) is 0 Å². The van der Waals surface area contributed by atoms with Crippen LogP contribution in [0, 0.1) is 11.3 Å². The quantitative estimate of drug-likeness (QED) is 0.645. The zero-order valence-electron chi connectivity index (χ0n) is 7.81. The van der Waals surface area contributed by atoms with E-state index in [1.807, 2.05) is 6.92 Å². The minimum absolute atomic E-state index is 0.0775. The number of rotatable bonds is 3. The minimum Gasteiger partial charge on any atom is -0.393 e. The van der Waals surface area contributed by atoms with E-state index in [9.17, 15) is 5.11 Å². The van der Waals surface area contributed by atoms with Crippen molar-refractivity contribution < 1.29 is 5.11 Å². The van der Waals surface area contributed by atoms with Crippen molar-refractivity contribution in [3.8, 4) is 0 Å². The van der Waals surface area contributed by atoms with Crippen molar-refractivity contribution in [1.29, 1.82) is 0 Å². The standard InChI is InChI=1S/C9H20O/c1-7(2)6-9(4,5)8(3)10/h7-8,10H,6H2,1-5H3/t8-/m1/s1. The Morgan fingerprint density at radius 3 is 1.70 bits per heavy atom. The molecule has 1 atom stereocenters. The lowest BCUT2D eigenvalue weighted by atomic mass is 9.80. The summed E-state index contributed by atoms with van der Waals surface area (Å²) >= 11 is 0. The molecule has 1 heteroatoms. The lowest BCUT2D eigenvalue weighted by Gasteiger charge is -2.29. The first-order valence-electron chi connectivity index (χ1n) is 4.04. The molecule has 0 aromatic carbocycles. The zero-order valence-corrected chi connectivity index (χ0v) is 7.81. The molecule has 0 aliphatic rings. The maximum atomic E-state index is 9.33. The smallest absolute Gasteiger partial charge is 0.0563 e. The molecule has 0 bridgehead atoms. The normalized spacial score (nSPS) is 15.9. The molecule has 1 N–H and O–H groups in total. The second-order valence-corrected chi connectivity index (χ2v) is 4.26. The van der Waals surface area contributed by atoms with E-state index in [4.69, 9.17) is 0 Å². The highest BCUT2D eigenvalue weighted by molar-refractivity contribution is 4.75. The summed E-state index contributed by atoms with van der Waals surface area (Å²) in [4.78, 5) is 0. The van der Waals surface area contributed by atoms with E-state index in [1.54, 1.807) is 0 Å². The second kappa shape index (κ2) is 3.38. The van der Waals surface area contributed by atoms with Crippen LogP contribution in [-0.4, -0.2) is 11.2 Å². The van der Waals surface area contributed by atoms with Crippen molar-refractivity contribution in [2.45, 2.75) is 47.1 Å². The Hall–Kier alpha value is -0.0400. The summed E-state index contributed by atoms with van der Waals surface area (Å²) in [6.07, 6.45) is 0.889. The summed E-state index contributed by atoms with van der Waals surface area (Å²) in [7, 11) is 0. The van der Waals surface area contributed by atoms with Gasteiger partial charge in [0.15, 0.2) is 0 Å². The molecule has 0 aliphatic carbocycles. The number of aliphatic hydroxyl groups is 1. The SMILES string of the molecule is CC(C)CC(C)(C)[C@@H](C)O. The average molecular weight is 144 g/mol. The Balaban J connectivity index is 3.87. The highest BCUT2D eigenvalue weighted by atomic mass is 16.3. The fraction of sp³-hybridized carbons (Fsp3) is 1.00. The molecule has 0 radical (unpaired) electrons. The summed E-state index contributed by atoms with van der Waals surface area (Å²) in [6.45, 7) is 10.5. The van der Waals surface area contributed by atoms with Crippen molar-refractivity contribution in [3.63, 3.8) is 0 Å². The van der Waals surface area contributed by atoms with E-state index in [2.05, 4.69) is 27.7 Å². The molecule has 0 amide bonds. The van der Waals surface area contributed by atoms with Crippen molar-refractivity contribution in [3.05, 3.63) is 0 Å². The number of hydrogen-bond acceptors (Lipinski definition) is 1. The fourth-order valence-corrected chi connectivity index (χ4v) is 1.22. The molecule has 62 valence electrons. The van der Waals surface area contributed by atoms with Gasteiger partial charge in [-0.1, -0.05) is 27.7 Å². The van der Waals surface area contributed by atoms with Gasteiger partial charge in [0.1, 0.15) is 0 Å². The van der Waals surface area contributed by atoms with Crippen molar-refractivity contribution in [2.24, 2.45) is 11.3 Å². The summed E-state index contributed by atoms with van der Waals surface area (Å²) in [5, 5.41) is 9.33. The van der Waals surface area contributed by atoms with Crippen LogP contribution >= 0.6 is 0 Å². The molecule has 0 heterocycles. The molecule has 0 saturated heterocycles. The zero-order chi connectivity index (χ0) is 8.36. The van der Waals surface area contributed by atoms with Crippen molar-refractivity contribution >= 4 is 0 Å². The molecule has 0 aromatic heterocycles. The van der Waals surface area contributed by atoms with Gasteiger partial charge >= 0.3 is 0 Å². The van der Waals surface area contributed by atoms with Crippen LogP contribution in [0.25, 0.3) is 0 Å². The van der Waals surface area contributed by atoms with Gasteiger partial charge in [0, 0.05) is 0 Å². The first-order chi connectivity index (χ1) is 4.36. The molecule has 0 rings (SSSR count). The first kappa shape index (κ1) is 9.96. The molecule has 0 fully saturated rings. The van der Waals surface area contributed by atoms with Gasteiger partial charge in [0.25, 0.3) is 0 Å². The summed E-state index contributed by atoms with van der Waals surface area (Å²) < 4.78 is 0. The largest absolute Gasteiger partial charge is 0.393 e. The first-order valence-corrected chi connectivity index (χ1v) is 4.04. The van der Waals surface area contributed by atoms with Gasteiger partial charge in [-0.05, 0) is 24.7 Å². The molecule has 10 heavy (non-hydrogen) atoms. The fourth-order valence-electron chi connectivity index (χ4n) is 1.22. The van der Waals surface area contributed by atoms with E-state index in [-0.39, 0.29) is 11.5 Å². The van der Waals surface area contributed by atoms with Gasteiger partial charge < -0.3 is 5.11 Å². The monoisotopic (exact) mass is 144 g/mol. The van der Waals surface area contributed by atoms with Gasteiger partial charge in [0.2, 0.25) is 0 Å². The topological polar surface area (TPSA) is 20.2 Å². The van der Waals surface area contributed by atoms with Crippen molar-refractivity contribution in [1.82, 2.24) is 0 Å². The molecular formula is C9H20O. The van der Waals surface area contributed by atoms with E-state index < -0.39 is 0 Å². The Morgan fingerprint density at radius 2 is 1.60 bits per heavy atom. The Kier molecular flexibility index (Phi) is 3.37. The van der Waals surface area contributed by atoms with Gasteiger partial charge in [0.05, 0.1) is 6.10 Å². The number of aliphatic hydroxyl groups excluding tert-OH is 1. The van der Waals surface area contributed by atoms with Gasteiger partial charge in [-0.15, -0.1) is 0 Å². The van der Waals surface area contributed by atoms with E-state index in [0.717, 1.165) is 6.42 Å². The van der Waals surface area contributed by atoms with Crippen LogP contribution in [0.15, 0.2) is 0 Å². The summed E-state index contributed by atoms with van der Waals surface area (Å²) in [5.74, 6) is 0.671. The maximum absolute atomic E-state index is 9.33. The second-order valence-electron chi connectivity index (χ2n) is 4.26. The predicted molar refractivity (Wildman–Crippen MR) is 44.9 cm³/mol. The van der Waals surface area contributed by atoms with Gasteiger partial charge in [-0.3, -0.25) is 0 Å². The van der Waals surface area contributed by atoms with Crippen LogP contribution in [0.2, 0.25) is 0 Å². The highest BCUT2D eigenvalue weighted by Gasteiger charge is 2.24. The molecule has 0 spiro atoms. The molecular weight excluding hydrogens is 124 g/mol. The molecule has 0 aromatic rings. The van der Waals surface area contributed by atoms with Crippen LogP contribution < -0.4 is 0 Å². The van der Waals surface area contributed by atoms with Crippen LogP contribution in [0.5, 0.6) is 0 Å². The van der Waals surface area contributed by atoms with E-state index in [1.165, 1.54) is 0 Å². The van der Waals surface area contributed by atoms with Crippen LogP contribution in [0.3, 0.4) is 0 Å². The minimum atomic E-state index is -0.199. The van der Waals surface area contributed by atoms with Crippen molar-refractivity contribution in [2.75, 3.05) is 0 Å². The molecule has 0 aliphatic heterocycles. The maximum Gasteiger partial charge on any atom is 0.0563 e. The number of hydrogen-bond donors (Lipinski definition) is 1. The molecule has 0 unspecified atom stereocenters. The third kappa shape index (κ3) is 3.21.